The fourth-order valence-corrected chi connectivity index (χ4v) is 8.27. The van der Waals surface area contributed by atoms with Gasteiger partial charge >= 0.3 is 12.0 Å². The Morgan fingerprint density at radius 1 is 0.770 bits per heavy atom. The fourth-order valence-electron chi connectivity index (χ4n) is 6.72. The van der Waals surface area contributed by atoms with Gasteiger partial charge < -0.3 is 58.5 Å². The number of carboxylic acid groups (broad SMARTS) is 1. The van der Waals surface area contributed by atoms with Crippen LogP contribution in [0.2, 0.25) is 0 Å². The molecule has 10 amide bonds. The van der Waals surface area contributed by atoms with Gasteiger partial charge in [0.15, 0.2) is 0 Å². The minimum atomic E-state index is -1.65. The number of rotatable bonds is 29. The van der Waals surface area contributed by atoms with Crippen molar-refractivity contribution in [3.05, 3.63) is 0 Å². The largest absolute Gasteiger partial charge is 0.481 e. The third-order valence-corrected chi connectivity index (χ3v) is 11.4. The normalized spacial score (nSPS) is 19.0. The number of nitrogens with one attached hydrogen (secondary N) is 9. The van der Waals surface area contributed by atoms with Crippen molar-refractivity contribution in [2.24, 2.45) is 17.6 Å². The van der Waals surface area contributed by atoms with E-state index in [4.69, 9.17) is 10.9 Å². The highest BCUT2D eigenvalue weighted by Gasteiger charge is 2.42. The molecule has 2 fully saturated rings. The molecule has 0 spiro atoms. The molecule has 0 bridgehead atoms. The molecule has 61 heavy (non-hydrogen) atoms. The minimum absolute atomic E-state index is 0.0763. The van der Waals surface area contributed by atoms with Crippen LogP contribution >= 0.6 is 11.8 Å². The Morgan fingerprint density at radius 3 is 2.11 bits per heavy atom. The maximum absolute atomic E-state index is 13.2. The van der Waals surface area contributed by atoms with Gasteiger partial charge in [0, 0.05) is 42.7 Å². The molecule has 2 saturated heterocycles. The van der Waals surface area contributed by atoms with E-state index in [2.05, 4.69) is 42.5 Å². The van der Waals surface area contributed by atoms with E-state index in [9.17, 15) is 58.2 Å². The quantitative estimate of drug-likeness (QED) is 0.0154. The zero-order valence-corrected chi connectivity index (χ0v) is 35.5. The van der Waals surface area contributed by atoms with E-state index in [1.807, 2.05) is 11.8 Å². The van der Waals surface area contributed by atoms with Crippen molar-refractivity contribution < 1.29 is 63.4 Å². The topological polar surface area (TPSA) is 366 Å². The number of hydrogen-bond acceptors (Lipinski definition) is 13. The number of aliphatic hydroxyl groups is 1. The summed E-state index contributed by atoms with van der Waals surface area (Å²) >= 11 is 1.82. The first-order valence-corrected chi connectivity index (χ1v) is 21.4. The average molecular weight is 887 g/mol. The first kappa shape index (κ1) is 51.9. The van der Waals surface area contributed by atoms with Gasteiger partial charge in [0.25, 0.3) is 0 Å². The van der Waals surface area contributed by atoms with Crippen molar-refractivity contribution >= 4 is 71.0 Å². The Bertz CT molecular complexity index is 1570. The Morgan fingerprint density at radius 2 is 1.48 bits per heavy atom. The van der Waals surface area contributed by atoms with Crippen molar-refractivity contribution in [3.63, 3.8) is 0 Å². The first-order valence-electron chi connectivity index (χ1n) is 20.3. The summed E-state index contributed by atoms with van der Waals surface area (Å²) in [6, 6.07) is -4.12. The summed E-state index contributed by atoms with van der Waals surface area (Å²) in [5.74, 6) is -7.78. The molecule has 0 aromatic heterocycles. The maximum atomic E-state index is 13.2. The van der Waals surface area contributed by atoms with Crippen molar-refractivity contribution in [1.82, 2.24) is 48.0 Å². The van der Waals surface area contributed by atoms with Crippen LogP contribution in [0.15, 0.2) is 0 Å². The zero-order valence-electron chi connectivity index (χ0n) is 34.7. The van der Waals surface area contributed by atoms with E-state index < -0.39 is 110 Å². The predicted octanol–water partition coefficient (Wildman–Crippen LogP) is -3.03. The van der Waals surface area contributed by atoms with Gasteiger partial charge in [0.05, 0.1) is 31.3 Å². The molecule has 2 heterocycles. The van der Waals surface area contributed by atoms with E-state index in [-0.39, 0.29) is 42.8 Å². The van der Waals surface area contributed by atoms with Crippen molar-refractivity contribution in [1.29, 1.82) is 0 Å². The molecule has 0 aromatic carbocycles. The molecule has 0 saturated carbocycles. The second kappa shape index (κ2) is 26.9. The molecular weight excluding hydrogens is 825 g/mol. The number of hydroxylamine groups is 1. The number of hydrogen-bond donors (Lipinski definition) is 13. The molecule has 0 aliphatic carbocycles. The number of unbranched alkanes of at least 4 members (excludes halogenated alkanes) is 2. The highest BCUT2D eigenvalue weighted by molar-refractivity contribution is 8.00. The molecular formula is C37H62N10O13S. The van der Waals surface area contributed by atoms with Gasteiger partial charge in [-0.15, -0.1) is 0 Å². The highest BCUT2D eigenvalue weighted by atomic mass is 32.2. The van der Waals surface area contributed by atoms with Crippen LogP contribution in [0.5, 0.6) is 0 Å². The molecule has 23 nitrogen and oxygen atoms in total. The molecule has 2 aliphatic heterocycles. The van der Waals surface area contributed by atoms with Gasteiger partial charge in [-0.3, -0.25) is 48.4 Å². The molecule has 0 radical (unpaired) electrons. The van der Waals surface area contributed by atoms with Crippen molar-refractivity contribution in [2.75, 3.05) is 25.4 Å². The Balaban J connectivity index is 1.76. The number of carboxylic acids is 1. The second-order valence-electron chi connectivity index (χ2n) is 15.5. The maximum Gasteiger partial charge on any atom is 0.315 e. The van der Waals surface area contributed by atoms with Crippen LogP contribution in [0.25, 0.3) is 0 Å². The smallest absolute Gasteiger partial charge is 0.315 e. The van der Waals surface area contributed by atoms with Gasteiger partial charge in [0.2, 0.25) is 47.3 Å². The number of carbonyl (C=O) groups excluding carboxylic acids is 9. The molecule has 344 valence electrons. The predicted molar refractivity (Wildman–Crippen MR) is 218 cm³/mol. The Kier molecular flexibility index (Phi) is 22.9. The van der Waals surface area contributed by atoms with Gasteiger partial charge in [-0.2, -0.15) is 11.8 Å². The number of primary amides is 1. The van der Waals surface area contributed by atoms with Crippen LogP contribution in [-0.4, -0.2) is 142 Å². The second-order valence-corrected chi connectivity index (χ2v) is 16.8. The van der Waals surface area contributed by atoms with Crippen LogP contribution in [0.3, 0.4) is 0 Å². The Hall–Kier alpha value is -5.23. The molecule has 2 rings (SSSR count). The lowest BCUT2D eigenvalue weighted by Gasteiger charge is -2.26. The van der Waals surface area contributed by atoms with Crippen LogP contribution < -0.4 is 53.7 Å². The third-order valence-electron chi connectivity index (χ3n) is 9.90. The summed E-state index contributed by atoms with van der Waals surface area (Å²) in [7, 11) is 0. The summed E-state index contributed by atoms with van der Waals surface area (Å²) in [5, 5.41) is 48.9. The van der Waals surface area contributed by atoms with Crippen LogP contribution in [0, 0.1) is 11.8 Å². The molecule has 2 aliphatic rings. The van der Waals surface area contributed by atoms with Crippen molar-refractivity contribution in [2.45, 2.75) is 133 Å². The van der Waals surface area contributed by atoms with Gasteiger partial charge in [-0.1, -0.05) is 20.3 Å². The monoisotopic (exact) mass is 886 g/mol. The van der Waals surface area contributed by atoms with Crippen LogP contribution in [-0.2, 0) is 43.2 Å². The zero-order chi connectivity index (χ0) is 45.6. The number of urea groups is 1. The summed E-state index contributed by atoms with van der Waals surface area (Å²) < 4.78 is 0. The van der Waals surface area contributed by atoms with E-state index in [1.54, 1.807) is 13.8 Å². The number of thioether (sulfide) groups is 1. The van der Waals surface area contributed by atoms with E-state index in [0.717, 1.165) is 18.6 Å². The molecule has 0 aromatic rings. The van der Waals surface area contributed by atoms with Gasteiger partial charge in [0.1, 0.15) is 18.1 Å². The molecule has 14 N–H and O–H groups in total. The number of carbonyl (C=O) groups is 10. The summed E-state index contributed by atoms with van der Waals surface area (Å²) in [6.07, 6.45) is 1.10. The number of aliphatic hydroxyl groups excluding tert-OH is 1. The summed E-state index contributed by atoms with van der Waals surface area (Å²) in [4.78, 5) is 123. The molecule has 1 unspecified atom stereocenters. The molecule has 8 atom stereocenters. The van der Waals surface area contributed by atoms with Crippen LogP contribution in [0.1, 0.15) is 91.4 Å². The first-order chi connectivity index (χ1) is 28.8. The fraction of sp³-hybridized carbons (Fsp3) is 0.730. The lowest BCUT2D eigenvalue weighted by Crippen LogP contribution is -2.58. The SMILES string of the molecule is CC(C)CC(CC(=O)NO)C(=O)N[C@H](C(=O)N[C@@H](CCC(=O)O)C(=O)NCC(=O)NCC(=O)N[C@@H](CCCCNC(=O)CCCC[C@@H]1SC[C@@H]2NC(=O)N[C@@H]21)C(N)=O)[C@@H](C)O. The lowest BCUT2D eigenvalue weighted by molar-refractivity contribution is -0.139. The number of aliphatic carboxylic acids is 1. The number of amides is 10. The number of nitrogens with two attached hydrogens (primary N) is 1. The summed E-state index contributed by atoms with van der Waals surface area (Å²) in [6.45, 7) is 3.76. The Labute approximate surface area is 357 Å². The lowest BCUT2D eigenvalue weighted by atomic mass is 9.92. The van der Waals surface area contributed by atoms with E-state index >= 15 is 0 Å². The standard InChI is InChI=1S/C37H62N10O13S/c1-19(2)14-21(15-27(50)47-60)34(56)45-31(20(3)48)36(58)43-23(11-12-30(53)54)35(57)41-16-28(51)40-17-29(52)42-22(33(38)55)8-6-7-13-39-26(49)10-5-4-9-25-32-24(18-61-25)44-37(59)46-32/h19-25,31-32,48,60H,4-18H2,1-3H3,(H2,38,55)(H,39,49)(H,40,51)(H,41,57)(H,42,52)(H,43,58)(H,45,56)(H,47,50)(H,53,54)(H2,44,46,59)/t20-,21?,22+,23+,24+,25+,31+,32+/m1/s1. The van der Waals surface area contributed by atoms with Crippen LogP contribution in [0.4, 0.5) is 4.79 Å². The van der Waals surface area contributed by atoms with Gasteiger partial charge in [-0.05, 0) is 57.8 Å². The number of fused-ring (bicyclic) bond motifs is 1. The average Bonchev–Trinajstić information content (AvgIpc) is 3.75. The highest BCUT2D eigenvalue weighted by Crippen LogP contribution is 2.33. The minimum Gasteiger partial charge on any atom is -0.481 e. The van der Waals surface area contributed by atoms with E-state index in [0.29, 0.717) is 37.5 Å². The summed E-state index contributed by atoms with van der Waals surface area (Å²) in [5.41, 5.74) is 6.88. The third kappa shape index (κ3) is 19.8. The molecule has 24 heteroatoms. The van der Waals surface area contributed by atoms with Crippen molar-refractivity contribution in [3.8, 4) is 0 Å². The van der Waals surface area contributed by atoms with E-state index in [1.165, 1.54) is 12.4 Å². The van der Waals surface area contributed by atoms with Gasteiger partial charge in [-0.25, -0.2) is 10.3 Å².